The van der Waals surface area contributed by atoms with Crippen LogP contribution in [0.1, 0.15) is 20.3 Å². The maximum atomic E-state index is 10.9. The van der Waals surface area contributed by atoms with E-state index in [9.17, 15) is 4.79 Å². The van der Waals surface area contributed by atoms with Crippen LogP contribution in [0.25, 0.3) is 0 Å². The fourth-order valence-electron chi connectivity index (χ4n) is 2.16. The van der Waals surface area contributed by atoms with Crippen LogP contribution < -0.4 is 5.32 Å². The number of rotatable bonds is 0. The zero-order chi connectivity index (χ0) is 7.35. The molecule has 2 heteroatoms. The fourth-order valence-corrected chi connectivity index (χ4v) is 2.16. The minimum absolute atomic E-state index is 0.242. The third-order valence-corrected chi connectivity index (χ3v) is 3.21. The Kier molecular flexibility index (Phi) is 0.960. The molecule has 2 nitrogen and oxygen atoms in total. The van der Waals surface area contributed by atoms with Crippen LogP contribution in [-0.2, 0) is 4.79 Å². The molecule has 2 rings (SSSR count). The quantitative estimate of drug-likeness (QED) is 0.528. The number of carbonyl (C=O) groups is 1. The molecule has 0 bridgehead atoms. The van der Waals surface area contributed by atoms with Gasteiger partial charge >= 0.3 is 0 Å². The van der Waals surface area contributed by atoms with Crippen molar-refractivity contribution >= 4 is 5.91 Å². The van der Waals surface area contributed by atoms with Gasteiger partial charge in [-0.1, -0.05) is 13.8 Å². The molecule has 0 spiro atoms. The third kappa shape index (κ3) is 0.619. The van der Waals surface area contributed by atoms with Crippen molar-refractivity contribution in [3.63, 3.8) is 0 Å². The Morgan fingerprint density at radius 1 is 1.50 bits per heavy atom. The minimum atomic E-state index is 0.242. The van der Waals surface area contributed by atoms with E-state index in [4.69, 9.17) is 0 Å². The third-order valence-electron chi connectivity index (χ3n) is 3.21. The van der Waals surface area contributed by atoms with Gasteiger partial charge in [0.1, 0.15) is 0 Å². The van der Waals surface area contributed by atoms with Crippen molar-refractivity contribution in [3.05, 3.63) is 0 Å². The van der Waals surface area contributed by atoms with E-state index in [1.54, 1.807) is 0 Å². The van der Waals surface area contributed by atoms with E-state index >= 15 is 0 Å². The number of nitrogens with one attached hydrogen (secondary N) is 1. The van der Waals surface area contributed by atoms with Crippen LogP contribution in [0.3, 0.4) is 0 Å². The van der Waals surface area contributed by atoms with Gasteiger partial charge in [0.05, 0.1) is 0 Å². The number of hydrogen-bond donors (Lipinski definition) is 1. The molecule has 56 valence electrons. The first kappa shape index (κ1) is 6.20. The number of piperidine rings is 1. The second-order valence-corrected chi connectivity index (χ2v) is 4.04. The number of amides is 1. The van der Waals surface area contributed by atoms with Crippen LogP contribution in [-0.4, -0.2) is 12.5 Å². The SMILES string of the molecule is CC1(C)[C@@H]2CNC(=O)C[C@H]21. The second-order valence-electron chi connectivity index (χ2n) is 4.04. The molecule has 2 atom stereocenters. The van der Waals surface area contributed by atoms with E-state index in [0.29, 0.717) is 11.3 Å². The summed E-state index contributed by atoms with van der Waals surface area (Å²) in [4.78, 5) is 10.9. The number of hydrogen-bond acceptors (Lipinski definition) is 1. The van der Waals surface area contributed by atoms with Gasteiger partial charge in [0.2, 0.25) is 5.91 Å². The van der Waals surface area contributed by atoms with Gasteiger partial charge in [0, 0.05) is 13.0 Å². The van der Waals surface area contributed by atoms with E-state index < -0.39 is 0 Å². The second kappa shape index (κ2) is 1.55. The lowest BCUT2D eigenvalue weighted by Gasteiger charge is -2.08. The normalized spacial score (nSPS) is 42.0. The summed E-state index contributed by atoms with van der Waals surface area (Å²) < 4.78 is 0. The van der Waals surface area contributed by atoms with Gasteiger partial charge in [0.25, 0.3) is 0 Å². The van der Waals surface area contributed by atoms with E-state index in [0.717, 1.165) is 18.9 Å². The monoisotopic (exact) mass is 139 g/mol. The molecule has 1 heterocycles. The Hall–Kier alpha value is -0.530. The van der Waals surface area contributed by atoms with Crippen LogP contribution in [0.5, 0.6) is 0 Å². The molecule has 10 heavy (non-hydrogen) atoms. The van der Waals surface area contributed by atoms with Gasteiger partial charge in [-0.25, -0.2) is 0 Å². The van der Waals surface area contributed by atoms with E-state index in [1.807, 2.05) is 0 Å². The van der Waals surface area contributed by atoms with Gasteiger partial charge in [-0.2, -0.15) is 0 Å². The summed E-state index contributed by atoms with van der Waals surface area (Å²) in [5.74, 6) is 1.69. The Labute approximate surface area is 61.0 Å². The van der Waals surface area contributed by atoms with Crippen molar-refractivity contribution in [1.82, 2.24) is 5.32 Å². The van der Waals surface area contributed by atoms with Crippen molar-refractivity contribution in [2.45, 2.75) is 20.3 Å². The lowest BCUT2D eigenvalue weighted by atomic mass is 10.1. The molecular weight excluding hydrogens is 126 g/mol. The Morgan fingerprint density at radius 2 is 2.20 bits per heavy atom. The molecule has 1 aliphatic carbocycles. The maximum Gasteiger partial charge on any atom is 0.220 e. The topological polar surface area (TPSA) is 29.1 Å². The predicted molar refractivity (Wildman–Crippen MR) is 38.4 cm³/mol. The average molecular weight is 139 g/mol. The molecule has 0 unspecified atom stereocenters. The average Bonchev–Trinajstić information content (AvgIpc) is 2.36. The van der Waals surface area contributed by atoms with Crippen molar-refractivity contribution < 1.29 is 4.79 Å². The predicted octanol–water partition coefficient (Wildman–Crippen LogP) is 0.778. The van der Waals surface area contributed by atoms with E-state index in [-0.39, 0.29) is 5.91 Å². The van der Waals surface area contributed by atoms with E-state index in [1.165, 1.54) is 0 Å². The first-order chi connectivity index (χ1) is 4.62. The van der Waals surface area contributed by atoms with Crippen LogP contribution in [0.4, 0.5) is 0 Å². The zero-order valence-corrected chi connectivity index (χ0v) is 6.48. The van der Waals surface area contributed by atoms with Crippen LogP contribution >= 0.6 is 0 Å². The van der Waals surface area contributed by atoms with Gasteiger partial charge < -0.3 is 5.32 Å². The molecular formula is C8H13NO. The highest BCUT2D eigenvalue weighted by Gasteiger charge is 2.59. The van der Waals surface area contributed by atoms with Gasteiger partial charge in [0.15, 0.2) is 0 Å². The standard InChI is InChI=1S/C8H13NO/c1-8(2)5-3-7(10)9-4-6(5)8/h5-6H,3-4H2,1-2H3,(H,9,10)/t5-,6-/m1/s1. The molecule has 0 aromatic carbocycles. The van der Waals surface area contributed by atoms with Crippen molar-refractivity contribution in [3.8, 4) is 0 Å². The van der Waals surface area contributed by atoms with Crippen molar-refractivity contribution in [1.29, 1.82) is 0 Å². The minimum Gasteiger partial charge on any atom is -0.356 e. The van der Waals surface area contributed by atoms with Gasteiger partial charge in [-0.3, -0.25) is 4.79 Å². The molecule has 2 aliphatic rings. The molecule has 1 amide bonds. The lowest BCUT2D eigenvalue weighted by molar-refractivity contribution is -0.122. The number of fused-ring (bicyclic) bond motifs is 1. The summed E-state index contributed by atoms with van der Waals surface area (Å²) in [6.07, 6.45) is 0.762. The number of carbonyl (C=O) groups excluding carboxylic acids is 1. The molecule has 1 saturated carbocycles. The smallest absolute Gasteiger partial charge is 0.220 e. The molecule has 1 N–H and O–H groups in total. The Bertz CT molecular complexity index is 186. The first-order valence-electron chi connectivity index (χ1n) is 3.89. The largest absolute Gasteiger partial charge is 0.356 e. The molecule has 1 aliphatic heterocycles. The van der Waals surface area contributed by atoms with Gasteiger partial charge in [-0.15, -0.1) is 0 Å². The first-order valence-corrected chi connectivity index (χ1v) is 3.89. The molecule has 2 fully saturated rings. The summed E-state index contributed by atoms with van der Waals surface area (Å²) in [5, 5.41) is 2.89. The highest BCUT2D eigenvalue weighted by Crippen LogP contribution is 2.60. The van der Waals surface area contributed by atoms with Crippen molar-refractivity contribution in [2.24, 2.45) is 17.3 Å². The van der Waals surface area contributed by atoms with Crippen LogP contribution in [0, 0.1) is 17.3 Å². The highest BCUT2D eigenvalue weighted by atomic mass is 16.1. The summed E-state index contributed by atoms with van der Waals surface area (Å²) in [6.45, 7) is 5.42. The molecule has 1 saturated heterocycles. The molecule has 0 aromatic rings. The van der Waals surface area contributed by atoms with E-state index in [2.05, 4.69) is 19.2 Å². The summed E-state index contributed by atoms with van der Waals surface area (Å²) >= 11 is 0. The summed E-state index contributed by atoms with van der Waals surface area (Å²) in [5.41, 5.74) is 0.444. The summed E-state index contributed by atoms with van der Waals surface area (Å²) in [6, 6.07) is 0. The molecule has 0 aromatic heterocycles. The highest BCUT2D eigenvalue weighted by molar-refractivity contribution is 5.78. The maximum absolute atomic E-state index is 10.9. The molecule has 0 radical (unpaired) electrons. The van der Waals surface area contributed by atoms with Crippen LogP contribution in [0.2, 0.25) is 0 Å². The van der Waals surface area contributed by atoms with Gasteiger partial charge in [-0.05, 0) is 17.3 Å². The Balaban J connectivity index is 2.10. The fraction of sp³-hybridized carbons (Fsp3) is 0.875. The summed E-state index contributed by atoms with van der Waals surface area (Å²) in [7, 11) is 0. The lowest BCUT2D eigenvalue weighted by Crippen LogP contribution is -2.30. The van der Waals surface area contributed by atoms with Crippen LogP contribution in [0.15, 0.2) is 0 Å². The Morgan fingerprint density at radius 3 is 2.70 bits per heavy atom. The van der Waals surface area contributed by atoms with Crippen molar-refractivity contribution in [2.75, 3.05) is 6.54 Å². The zero-order valence-electron chi connectivity index (χ0n) is 6.48.